The lowest BCUT2D eigenvalue weighted by molar-refractivity contribution is 0.112. The molecule has 0 spiro atoms. The summed E-state index contributed by atoms with van der Waals surface area (Å²) in [6, 6.07) is 7.83. The van der Waals surface area contributed by atoms with Gasteiger partial charge in [-0.3, -0.25) is 4.79 Å². The van der Waals surface area contributed by atoms with Gasteiger partial charge in [0.1, 0.15) is 12.0 Å². The van der Waals surface area contributed by atoms with Crippen LogP contribution < -0.4 is 0 Å². The van der Waals surface area contributed by atoms with Gasteiger partial charge >= 0.3 is 0 Å². The normalized spacial score (nSPS) is 10.2. The van der Waals surface area contributed by atoms with Gasteiger partial charge in [0, 0.05) is 10.5 Å². The highest BCUT2D eigenvalue weighted by atomic mass is 32.2. The molecule has 3 nitrogen and oxygen atoms in total. The van der Waals surface area contributed by atoms with Crippen molar-refractivity contribution in [3.05, 3.63) is 36.1 Å². The first-order chi connectivity index (χ1) is 7.35. The van der Waals surface area contributed by atoms with Crippen LogP contribution in [-0.4, -0.2) is 17.7 Å². The van der Waals surface area contributed by atoms with Crippen molar-refractivity contribution < 1.29 is 9.32 Å². The number of nitrogens with zero attached hydrogens (tertiary/aromatic N) is 1. The third kappa shape index (κ3) is 1.94. The van der Waals surface area contributed by atoms with Crippen molar-refractivity contribution in [2.24, 2.45) is 0 Å². The fourth-order valence-electron chi connectivity index (χ4n) is 1.30. The van der Waals surface area contributed by atoms with E-state index in [0.717, 1.165) is 11.8 Å². The number of aromatic nitrogens is 1. The predicted octanol–water partition coefficient (Wildman–Crippen LogP) is 2.88. The van der Waals surface area contributed by atoms with Crippen LogP contribution in [0.1, 0.15) is 10.4 Å². The van der Waals surface area contributed by atoms with E-state index in [1.54, 1.807) is 11.8 Å². The Morgan fingerprint density at radius 2 is 2.07 bits per heavy atom. The summed E-state index contributed by atoms with van der Waals surface area (Å²) in [6.07, 6.45) is 4.11. The highest BCUT2D eigenvalue weighted by molar-refractivity contribution is 7.98. The third-order valence-electron chi connectivity index (χ3n) is 2.09. The average Bonchev–Trinajstić information content (AvgIpc) is 2.77. The molecule has 0 saturated heterocycles. The van der Waals surface area contributed by atoms with Gasteiger partial charge in [-0.1, -0.05) is 17.3 Å². The Labute approximate surface area is 91.5 Å². The molecule has 15 heavy (non-hydrogen) atoms. The van der Waals surface area contributed by atoms with Crippen LogP contribution in [0.2, 0.25) is 0 Å². The second-order valence-electron chi connectivity index (χ2n) is 2.96. The van der Waals surface area contributed by atoms with Crippen molar-refractivity contribution >= 4 is 18.0 Å². The van der Waals surface area contributed by atoms with Crippen molar-refractivity contribution in [3.8, 4) is 11.3 Å². The van der Waals surface area contributed by atoms with Gasteiger partial charge in [0.15, 0.2) is 6.29 Å². The molecule has 2 aromatic rings. The minimum atomic E-state index is 0.479. The average molecular weight is 219 g/mol. The molecule has 0 N–H and O–H groups in total. The Balaban J connectivity index is 2.41. The van der Waals surface area contributed by atoms with Crippen LogP contribution in [0.4, 0.5) is 0 Å². The number of carbonyl (C=O) groups is 1. The summed E-state index contributed by atoms with van der Waals surface area (Å²) in [6.45, 7) is 0. The molecule has 0 aliphatic heterocycles. The zero-order valence-electron chi connectivity index (χ0n) is 8.14. The van der Waals surface area contributed by atoms with E-state index in [2.05, 4.69) is 5.16 Å². The van der Waals surface area contributed by atoms with Crippen LogP contribution in [0, 0.1) is 0 Å². The van der Waals surface area contributed by atoms with Crippen LogP contribution in [0.25, 0.3) is 11.3 Å². The van der Waals surface area contributed by atoms with E-state index >= 15 is 0 Å². The van der Waals surface area contributed by atoms with Crippen molar-refractivity contribution in [1.29, 1.82) is 0 Å². The van der Waals surface area contributed by atoms with E-state index in [4.69, 9.17) is 4.52 Å². The molecule has 0 unspecified atom stereocenters. The molecule has 0 amide bonds. The van der Waals surface area contributed by atoms with E-state index in [1.165, 1.54) is 11.2 Å². The van der Waals surface area contributed by atoms with E-state index < -0.39 is 0 Å². The molecule has 0 radical (unpaired) electrons. The first-order valence-electron chi connectivity index (χ1n) is 4.39. The second-order valence-corrected chi connectivity index (χ2v) is 3.84. The lowest BCUT2D eigenvalue weighted by Crippen LogP contribution is -1.83. The summed E-state index contributed by atoms with van der Waals surface area (Å²) >= 11 is 1.67. The second kappa shape index (κ2) is 4.31. The highest BCUT2D eigenvalue weighted by Crippen LogP contribution is 2.23. The summed E-state index contributed by atoms with van der Waals surface area (Å²) in [5.41, 5.74) is 1.97. The van der Waals surface area contributed by atoms with Gasteiger partial charge in [-0.05, 0) is 18.4 Å². The largest absolute Gasteiger partial charge is 0.363 e. The molecule has 2 rings (SSSR count). The molecule has 0 aliphatic carbocycles. The minimum Gasteiger partial charge on any atom is -0.363 e. The third-order valence-corrected chi connectivity index (χ3v) is 2.83. The molecule has 1 aromatic carbocycles. The number of aldehydes is 1. The molecular formula is C11H9NO2S. The Hall–Kier alpha value is -1.55. The Kier molecular flexibility index (Phi) is 2.87. The maximum atomic E-state index is 10.7. The molecule has 0 aliphatic rings. The van der Waals surface area contributed by atoms with Crippen LogP contribution in [0.5, 0.6) is 0 Å². The lowest BCUT2D eigenvalue weighted by atomic mass is 10.1. The zero-order chi connectivity index (χ0) is 10.7. The van der Waals surface area contributed by atoms with Crippen molar-refractivity contribution in [2.45, 2.75) is 4.90 Å². The summed E-state index contributed by atoms with van der Waals surface area (Å²) in [5.74, 6) is 0. The fraction of sp³-hybridized carbons (Fsp3) is 0.0909. The molecule has 1 heterocycles. The summed E-state index contributed by atoms with van der Waals surface area (Å²) < 4.78 is 4.76. The fourth-order valence-corrected chi connectivity index (χ4v) is 1.70. The zero-order valence-corrected chi connectivity index (χ0v) is 8.95. The van der Waals surface area contributed by atoms with Crippen LogP contribution in [-0.2, 0) is 0 Å². The van der Waals surface area contributed by atoms with Gasteiger partial charge < -0.3 is 4.52 Å². The van der Waals surface area contributed by atoms with Crippen molar-refractivity contribution in [3.63, 3.8) is 0 Å². The van der Waals surface area contributed by atoms with Crippen LogP contribution >= 0.6 is 11.8 Å². The number of hydrogen-bond acceptors (Lipinski definition) is 4. The number of hydrogen-bond donors (Lipinski definition) is 0. The molecule has 1 aromatic heterocycles. The van der Waals surface area contributed by atoms with Gasteiger partial charge in [0.2, 0.25) is 0 Å². The maximum absolute atomic E-state index is 10.7. The predicted molar refractivity (Wildman–Crippen MR) is 59.1 cm³/mol. The van der Waals surface area contributed by atoms with Gasteiger partial charge in [0.25, 0.3) is 0 Å². The Morgan fingerprint density at radius 3 is 2.67 bits per heavy atom. The summed E-state index contributed by atoms with van der Waals surface area (Å²) in [4.78, 5) is 11.9. The molecule has 0 saturated carbocycles. The standard InChI is InChI=1S/C11H9NO2S/c1-15-10-4-2-8(3-5-10)11-9(6-13)7-14-12-11/h2-7H,1H3. The molecule has 0 atom stereocenters. The molecule has 0 fully saturated rings. The number of thioether (sulfide) groups is 1. The molecule has 76 valence electrons. The smallest absolute Gasteiger partial charge is 0.155 e. The maximum Gasteiger partial charge on any atom is 0.155 e. The Bertz CT molecular complexity index is 462. The van der Waals surface area contributed by atoms with Gasteiger partial charge in [-0.25, -0.2) is 0 Å². The number of benzene rings is 1. The van der Waals surface area contributed by atoms with Crippen LogP contribution in [0.3, 0.4) is 0 Å². The summed E-state index contributed by atoms with van der Waals surface area (Å²) in [5, 5.41) is 3.80. The lowest BCUT2D eigenvalue weighted by Gasteiger charge is -1.98. The van der Waals surface area contributed by atoms with E-state index in [1.807, 2.05) is 30.5 Å². The quantitative estimate of drug-likeness (QED) is 0.588. The van der Waals surface area contributed by atoms with Gasteiger partial charge in [-0.2, -0.15) is 0 Å². The number of carbonyl (C=O) groups excluding carboxylic acids is 1. The monoisotopic (exact) mass is 219 g/mol. The molecule has 4 heteroatoms. The molecule has 0 bridgehead atoms. The highest BCUT2D eigenvalue weighted by Gasteiger charge is 2.08. The van der Waals surface area contributed by atoms with E-state index in [0.29, 0.717) is 11.3 Å². The SMILES string of the molecule is CSc1ccc(-c2nocc2C=O)cc1. The topological polar surface area (TPSA) is 43.1 Å². The van der Waals surface area contributed by atoms with Crippen molar-refractivity contribution in [2.75, 3.05) is 6.26 Å². The van der Waals surface area contributed by atoms with Crippen LogP contribution in [0.15, 0.2) is 39.9 Å². The van der Waals surface area contributed by atoms with Gasteiger partial charge in [0.05, 0.1) is 5.56 Å². The molecular weight excluding hydrogens is 210 g/mol. The van der Waals surface area contributed by atoms with E-state index in [9.17, 15) is 4.79 Å². The number of rotatable bonds is 3. The van der Waals surface area contributed by atoms with Gasteiger partial charge in [-0.15, -0.1) is 11.8 Å². The first-order valence-corrected chi connectivity index (χ1v) is 5.61. The summed E-state index contributed by atoms with van der Waals surface area (Å²) in [7, 11) is 0. The Morgan fingerprint density at radius 1 is 1.33 bits per heavy atom. The first kappa shape index (κ1) is 9.98. The van der Waals surface area contributed by atoms with Crippen molar-refractivity contribution in [1.82, 2.24) is 5.16 Å². The minimum absolute atomic E-state index is 0.479. The van der Waals surface area contributed by atoms with E-state index in [-0.39, 0.29) is 0 Å².